The monoisotopic (exact) mass is 361 g/mol. The van der Waals surface area contributed by atoms with Gasteiger partial charge in [0.15, 0.2) is 5.96 Å². The van der Waals surface area contributed by atoms with Crippen molar-refractivity contribution in [3.05, 3.63) is 35.4 Å². The van der Waals surface area contributed by atoms with E-state index >= 15 is 0 Å². The van der Waals surface area contributed by atoms with Gasteiger partial charge in [0, 0.05) is 39.8 Å². The van der Waals surface area contributed by atoms with E-state index < -0.39 is 0 Å². The molecular weight excluding hydrogens is 326 g/mol. The summed E-state index contributed by atoms with van der Waals surface area (Å²) in [6, 6.07) is 8.32. The van der Waals surface area contributed by atoms with Crippen LogP contribution >= 0.6 is 0 Å². The van der Waals surface area contributed by atoms with E-state index in [1.54, 1.807) is 7.11 Å². The van der Waals surface area contributed by atoms with Gasteiger partial charge in [-0.05, 0) is 29.4 Å². The first-order valence-electron chi connectivity index (χ1n) is 9.57. The molecule has 1 fully saturated rings. The summed E-state index contributed by atoms with van der Waals surface area (Å²) < 4.78 is 11.4. The van der Waals surface area contributed by atoms with Crippen LogP contribution < -0.4 is 10.6 Å². The van der Waals surface area contributed by atoms with E-state index in [9.17, 15) is 0 Å². The number of hydrogen-bond donors (Lipinski definition) is 2. The van der Waals surface area contributed by atoms with Crippen LogP contribution in [0.5, 0.6) is 0 Å². The smallest absolute Gasteiger partial charge is 0.191 e. The van der Waals surface area contributed by atoms with Crippen LogP contribution in [-0.2, 0) is 22.6 Å². The molecule has 1 saturated heterocycles. The Morgan fingerprint density at radius 2 is 1.96 bits per heavy atom. The summed E-state index contributed by atoms with van der Waals surface area (Å²) in [5.74, 6) is 1.33. The second-order valence-corrected chi connectivity index (χ2v) is 8.07. The molecule has 1 aliphatic rings. The van der Waals surface area contributed by atoms with Crippen LogP contribution in [0.1, 0.15) is 44.7 Å². The average Bonchev–Trinajstić information content (AvgIpc) is 2.63. The largest absolute Gasteiger partial charge is 0.380 e. The molecule has 0 spiro atoms. The Labute approximate surface area is 158 Å². The molecule has 146 valence electrons. The van der Waals surface area contributed by atoms with E-state index in [4.69, 9.17) is 9.47 Å². The normalized spacial score (nSPS) is 21.5. The van der Waals surface area contributed by atoms with E-state index in [1.807, 2.05) is 13.1 Å². The zero-order valence-electron chi connectivity index (χ0n) is 17.0. The van der Waals surface area contributed by atoms with Crippen LogP contribution in [0.3, 0.4) is 0 Å². The van der Waals surface area contributed by atoms with Gasteiger partial charge in [-0.3, -0.25) is 4.99 Å². The molecule has 1 aromatic carbocycles. The molecule has 1 aliphatic heterocycles. The predicted molar refractivity (Wildman–Crippen MR) is 107 cm³/mol. The van der Waals surface area contributed by atoms with Crippen molar-refractivity contribution in [1.29, 1.82) is 0 Å². The van der Waals surface area contributed by atoms with Gasteiger partial charge in [-0.25, -0.2) is 0 Å². The summed E-state index contributed by atoms with van der Waals surface area (Å²) in [4.78, 5) is 4.37. The summed E-state index contributed by atoms with van der Waals surface area (Å²) >= 11 is 0. The highest BCUT2D eigenvalue weighted by Gasteiger charge is 2.35. The number of ether oxygens (including phenoxy) is 2. The third-order valence-corrected chi connectivity index (χ3v) is 4.92. The lowest BCUT2D eigenvalue weighted by molar-refractivity contribution is -0.0835. The van der Waals surface area contributed by atoms with Crippen LogP contribution in [0.2, 0.25) is 0 Å². The summed E-state index contributed by atoms with van der Waals surface area (Å²) in [5.41, 5.74) is 2.58. The van der Waals surface area contributed by atoms with Crippen molar-refractivity contribution < 1.29 is 9.47 Å². The summed E-state index contributed by atoms with van der Waals surface area (Å²) in [6.07, 6.45) is 2.61. The lowest BCUT2D eigenvalue weighted by Gasteiger charge is -2.40. The van der Waals surface area contributed by atoms with Gasteiger partial charge < -0.3 is 20.1 Å². The van der Waals surface area contributed by atoms with Crippen molar-refractivity contribution in [2.45, 2.75) is 52.9 Å². The molecule has 0 aromatic heterocycles. The van der Waals surface area contributed by atoms with Gasteiger partial charge in [-0.15, -0.1) is 0 Å². The van der Waals surface area contributed by atoms with Gasteiger partial charge >= 0.3 is 0 Å². The lowest BCUT2D eigenvalue weighted by Crippen LogP contribution is -2.47. The van der Waals surface area contributed by atoms with E-state index in [-0.39, 0.29) is 11.5 Å². The highest BCUT2D eigenvalue weighted by Crippen LogP contribution is 2.33. The van der Waals surface area contributed by atoms with Crippen molar-refractivity contribution in [3.63, 3.8) is 0 Å². The van der Waals surface area contributed by atoms with Crippen molar-refractivity contribution >= 4 is 5.96 Å². The van der Waals surface area contributed by atoms with Gasteiger partial charge in [-0.2, -0.15) is 0 Å². The number of hydrogen-bond acceptors (Lipinski definition) is 3. The molecule has 2 rings (SSSR count). The summed E-state index contributed by atoms with van der Waals surface area (Å²) in [6.45, 7) is 9.88. The summed E-state index contributed by atoms with van der Waals surface area (Å²) in [5, 5.41) is 6.91. The number of nitrogens with one attached hydrogen (secondary N) is 2. The molecule has 1 heterocycles. The topological polar surface area (TPSA) is 54.9 Å². The molecule has 2 unspecified atom stereocenters. The number of rotatable bonds is 6. The zero-order valence-corrected chi connectivity index (χ0v) is 17.0. The number of aliphatic imine (C=N–C) groups is 1. The SMILES string of the molecule is CN=C(NCc1ccccc1COC)NCC1CCCOC1C(C)(C)C. The molecule has 5 nitrogen and oxygen atoms in total. The van der Waals surface area contributed by atoms with Crippen LogP contribution in [0.15, 0.2) is 29.3 Å². The van der Waals surface area contributed by atoms with Gasteiger partial charge in [0.25, 0.3) is 0 Å². The second-order valence-electron chi connectivity index (χ2n) is 8.07. The van der Waals surface area contributed by atoms with Gasteiger partial charge in [-0.1, -0.05) is 45.0 Å². The molecule has 5 heteroatoms. The Morgan fingerprint density at radius 1 is 1.23 bits per heavy atom. The Hall–Kier alpha value is -1.59. The number of benzene rings is 1. The van der Waals surface area contributed by atoms with Gasteiger partial charge in [0.1, 0.15) is 0 Å². The first-order valence-corrected chi connectivity index (χ1v) is 9.57. The molecule has 0 bridgehead atoms. The second kappa shape index (κ2) is 9.93. The van der Waals surface area contributed by atoms with Crippen LogP contribution in [0, 0.1) is 11.3 Å². The molecule has 2 N–H and O–H groups in total. The van der Waals surface area contributed by atoms with Gasteiger partial charge in [0.2, 0.25) is 0 Å². The maximum Gasteiger partial charge on any atom is 0.191 e. The van der Waals surface area contributed by atoms with E-state index in [1.165, 1.54) is 17.5 Å². The molecule has 0 radical (unpaired) electrons. The first-order chi connectivity index (χ1) is 12.5. The van der Waals surface area contributed by atoms with Crippen molar-refractivity contribution in [3.8, 4) is 0 Å². The maximum atomic E-state index is 6.08. The van der Waals surface area contributed by atoms with Gasteiger partial charge in [0.05, 0.1) is 12.7 Å². The van der Waals surface area contributed by atoms with Crippen LogP contribution in [-0.4, -0.2) is 39.4 Å². The van der Waals surface area contributed by atoms with Crippen LogP contribution in [0.4, 0.5) is 0 Å². The highest BCUT2D eigenvalue weighted by atomic mass is 16.5. The zero-order chi connectivity index (χ0) is 19.0. The highest BCUT2D eigenvalue weighted by molar-refractivity contribution is 5.79. The van der Waals surface area contributed by atoms with E-state index in [0.29, 0.717) is 12.5 Å². The molecule has 0 aliphatic carbocycles. The third kappa shape index (κ3) is 5.99. The first kappa shape index (κ1) is 20.7. The maximum absolute atomic E-state index is 6.08. The Balaban J connectivity index is 1.90. The molecule has 0 saturated carbocycles. The molecule has 2 atom stereocenters. The fraction of sp³-hybridized carbons (Fsp3) is 0.667. The number of guanidine groups is 1. The fourth-order valence-corrected chi connectivity index (χ4v) is 3.66. The van der Waals surface area contributed by atoms with Crippen molar-refractivity contribution in [1.82, 2.24) is 10.6 Å². The minimum atomic E-state index is 0.156. The standard InChI is InChI=1S/C21H35N3O2/c1-21(2,3)19-17(11-8-12-26-19)14-24-20(22-4)23-13-16-9-6-7-10-18(16)15-25-5/h6-7,9-10,17,19H,8,11-15H2,1-5H3,(H2,22,23,24). The lowest BCUT2D eigenvalue weighted by atomic mass is 9.78. The minimum Gasteiger partial charge on any atom is -0.380 e. The number of methoxy groups -OCH3 is 1. The summed E-state index contributed by atoms with van der Waals surface area (Å²) in [7, 11) is 3.54. The molecule has 26 heavy (non-hydrogen) atoms. The number of nitrogens with zero attached hydrogens (tertiary/aromatic N) is 1. The van der Waals surface area contributed by atoms with Crippen molar-refractivity contribution in [2.75, 3.05) is 27.3 Å². The van der Waals surface area contributed by atoms with E-state index in [0.717, 1.165) is 32.1 Å². The Bertz CT molecular complexity index is 581. The Morgan fingerprint density at radius 3 is 2.62 bits per heavy atom. The van der Waals surface area contributed by atoms with Crippen molar-refractivity contribution in [2.24, 2.45) is 16.3 Å². The average molecular weight is 362 g/mol. The minimum absolute atomic E-state index is 0.156. The molecular formula is C21H35N3O2. The Kier molecular flexibility index (Phi) is 7.91. The molecule has 0 amide bonds. The quantitative estimate of drug-likeness (QED) is 0.603. The van der Waals surface area contributed by atoms with Crippen LogP contribution in [0.25, 0.3) is 0 Å². The molecule has 1 aromatic rings. The van der Waals surface area contributed by atoms with E-state index in [2.05, 4.69) is 54.6 Å². The third-order valence-electron chi connectivity index (χ3n) is 4.92. The fourth-order valence-electron chi connectivity index (χ4n) is 3.66. The predicted octanol–water partition coefficient (Wildman–Crippen LogP) is 3.34.